The third kappa shape index (κ3) is 8.98. The van der Waals surface area contributed by atoms with Crippen molar-refractivity contribution >= 4 is 23.9 Å². The summed E-state index contributed by atoms with van der Waals surface area (Å²) in [5.74, 6) is -0.843. The van der Waals surface area contributed by atoms with Gasteiger partial charge in [-0.25, -0.2) is 24.5 Å². The molecule has 3 heterocycles. The average Bonchev–Trinajstić information content (AvgIpc) is 3.36. The molecule has 1 aromatic heterocycles. The lowest BCUT2D eigenvalue weighted by Gasteiger charge is -2.31. The van der Waals surface area contributed by atoms with Crippen molar-refractivity contribution in [1.29, 1.82) is 0 Å². The number of hydroxylamine groups is 1. The predicted molar refractivity (Wildman–Crippen MR) is 146 cm³/mol. The summed E-state index contributed by atoms with van der Waals surface area (Å²) in [4.78, 5) is 39.1. The van der Waals surface area contributed by atoms with Crippen LogP contribution in [-0.2, 0) is 19.1 Å². The topological polar surface area (TPSA) is 93.2 Å². The number of hydrogen-bond donors (Lipinski definition) is 1. The number of hydrogen-bond acceptors (Lipinski definition) is 7. The highest BCUT2D eigenvalue weighted by Gasteiger charge is 2.36. The Bertz CT molecular complexity index is 984. The van der Waals surface area contributed by atoms with Crippen LogP contribution in [0.15, 0.2) is 24.2 Å². The fraction of sp³-hybridized carbons (Fsp3) is 0.690. The number of halogens is 1. The molecule has 4 rings (SSSR count). The third-order valence-corrected chi connectivity index (χ3v) is 7.39. The van der Waals surface area contributed by atoms with Crippen LogP contribution in [0, 0.1) is 5.92 Å². The zero-order valence-corrected chi connectivity index (χ0v) is 23.5. The molecule has 2 amide bonds. The van der Waals surface area contributed by atoms with Gasteiger partial charge < -0.3 is 14.4 Å². The number of pyridine rings is 1. The molecule has 0 radical (unpaired) electrons. The van der Waals surface area contributed by atoms with Crippen molar-refractivity contribution in [1.82, 2.24) is 15.4 Å². The van der Waals surface area contributed by atoms with Crippen LogP contribution < -0.4 is 10.4 Å². The van der Waals surface area contributed by atoms with E-state index in [1.165, 1.54) is 38.3 Å². The van der Waals surface area contributed by atoms with E-state index in [0.717, 1.165) is 50.9 Å². The van der Waals surface area contributed by atoms with Gasteiger partial charge in [0.05, 0.1) is 6.04 Å². The molecule has 2 saturated heterocycles. The van der Waals surface area contributed by atoms with E-state index in [9.17, 15) is 14.0 Å². The first-order valence-electron chi connectivity index (χ1n) is 14.3. The Balaban J connectivity index is 1.40. The fourth-order valence-corrected chi connectivity index (χ4v) is 5.47. The van der Waals surface area contributed by atoms with E-state index in [-0.39, 0.29) is 6.04 Å². The standard InChI is InChI=1S/C29H43FN4O5/c1-29(2,3)38-28(36)34(23-14-15-33(20-23)19-21-9-5-4-6-10-21)25-13-12-22(18-31-25)17-24(30)27(35)32-39-26-11-7-8-16-37-26/h12-13,17-18,21,23,26H,4-11,14-16,19-20H2,1-3H3,(H,32,35)/b24-17-/t23-,26?/m1/s1. The summed E-state index contributed by atoms with van der Waals surface area (Å²) >= 11 is 0. The number of ether oxygens (including phenoxy) is 2. The summed E-state index contributed by atoms with van der Waals surface area (Å²) in [5.41, 5.74) is 1.84. The Labute approximate surface area is 231 Å². The molecule has 2 atom stereocenters. The second-order valence-corrected chi connectivity index (χ2v) is 11.8. The van der Waals surface area contributed by atoms with Gasteiger partial charge in [0, 0.05) is 38.9 Å². The Morgan fingerprint density at radius 1 is 1.15 bits per heavy atom. The van der Waals surface area contributed by atoms with E-state index in [4.69, 9.17) is 14.3 Å². The first-order valence-corrected chi connectivity index (χ1v) is 14.3. The van der Waals surface area contributed by atoms with E-state index in [1.807, 2.05) is 20.8 Å². The van der Waals surface area contributed by atoms with Gasteiger partial charge in [0.2, 0.25) is 0 Å². The molecule has 1 saturated carbocycles. The Kier molecular flexibility index (Phi) is 10.3. The molecule has 9 nitrogen and oxygen atoms in total. The molecule has 0 bridgehead atoms. The zero-order chi connectivity index (χ0) is 27.8. The summed E-state index contributed by atoms with van der Waals surface area (Å²) in [5, 5.41) is 0. The van der Waals surface area contributed by atoms with Crippen LogP contribution in [0.5, 0.6) is 0 Å². The normalized spacial score (nSPS) is 23.4. The summed E-state index contributed by atoms with van der Waals surface area (Å²) in [6.07, 6.45) is 11.4. The van der Waals surface area contributed by atoms with Gasteiger partial charge in [-0.15, -0.1) is 0 Å². The molecule has 1 N–H and O–H groups in total. The quantitative estimate of drug-likeness (QED) is 0.346. The lowest BCUT2D eigenvalue weighted by atomic mass is 9.89. The molecular formula is C29H43FN4O5. The molecule has 3 fully saturated rings. The Morgan fingerprint density at radius 2 is 1.92 bits per heavy atom. The number of carbonyl (C=O) groups is 2. The third-order valence-electron chi connectivity index (χ3n) is 7.39. The average molecular weight is 547 g/mol. The van der Waals surface area contributed by atoms with Gasteiger partial charge in [0.15, 0.2) is 12.1 Å². The van der Waals surface area contributed by atoms with Gasteiger partial charge in [-0.1, -0.05) is 19.3 Å². The van der Waals surface area contributed by atoms with Gasteiger partial charge in [-0.05, 0) is 82.6 Å². The van der Waals surface area contributed by atoms with Crippen LogP contribution in [0.1, 0.15) is 84.1 Å². The van der Waals surface area contributed by atoms with E-state index in [2.05, 4.69) is 15.4 Å². The lowest BCUT2D eigenvalue weighted by molar-refractivity contribution is -0.199. The number of nitrogens with zero attached hydrogens (tertiary/aromatic N) is 3. The molecule has 0 aromatic carbocycles. The number of nitrogens with one attached hydrogen (secondary N) is 1. The molecule has 1 aromatic rings. The maximum Gasteiger partial charge on any atom is 0.416 e. The maximum absolute atomic E-state index is 14.5. The van der Waals surface area contributed by atoms with Gasteiger partial charge in [-0.3, -0.25) is 9.69 Å². The number of rotatable bonds is 8. The highest BCUT2D eigenvalue weighted by Crippen LogP contribution is 2.29. The highest BCUT2D eigenvalue weighted by molar-refractivity contribution is 5.95. The van der Waals surface area contributed by atoms with Crippen molar-refractivity contribution in [3.05, 3.63) is 29.7 Å². The number of carbonyl (C=O) groups excluding carboxylic acids is 2. The van der Waals surface area contributed by atoms with Crippen molar-refractivity contribution in [2.75, 3.05) is 31.1 Å². The fourth-order valence-electron chi connectivity index (χ4n) is 5.47. The molecule has 3 aliphatic rings. The molecule has 1 unspecified atom stereocenters. The van der Waals surface area contributed by atoms with E-state index >= 15 is 0 Å². The highest BCUT2D eigenvalue weighted by atomic mass is 19.1. The van der Waals surface area contributed by atoms with Crippen molar-refractivity contribution in [2.45, 2.75) is 96.5 Å². The van der Waals surface area contributed by atoms with Crippen molar-refractivity contribution in [3.63, 3.8) is 0 Å². The van der Waals surface area contributed by atoms with E-state index in [0.29, 0.717) is 24.4 Å². The Hall–Kier alpha value is -2.56. The van der Waals surface area contributed by atoms with Gasteiger partial charge in [-0.2, -0.15) is 0 Å². The van der Waals surface area contributed by atoms with Crippen LogP contribution in [0.25, 0.3) is 6.08 Å². The summed E-state index contributed by atoms with van der Waals surface area (Å²) in [6, 6.07) is 3.22. The minimum atomic E-state index is -1.02. The molecule has 1 aliphatic carbocycles. The summed E-state index contributed by atoms with van der Waals surface area (Å²) in [7, 11) is 0. The van der Waals surface area contributed by atoms with Crippen LogP contribution in [0.4, 0.5) is 15.0 Å². The SMILES string of the molecule is CC(C)(C)OC(=O)N(c1ccc(/C=C(\F)C(=O)NOC2CCCCO2)cn1)[C@@H]1CCN(CC2CCCCC2)C1. The summed E-state index contributed by atoms with van der Waals surface area (Å²) in [6.45, 7) is 8.82. The minimum Gasteiger partial charge on any atom is -0.443 e. The van der Waals surface area contributed by atoms with Crippen LogP contribution in [0.2, 0.25) is 0 Å². The molecule has 0 spiro atoms. The zero-order valence-electron chi connectivity index (χ0n) is 23.5. The second kappa shape index (κ2) is 13.7. The number of likely N-dealkylation sites (tertiary alicyclic amines) is 1. The van der Waals surface area contributed by atoms with E-state index < -0.39 is 29.7 Å². The van der Waals surface area contributed by atoms with Crippen LogP contribution >= 0.6 is 0 Å². The summed E-state index contributed by atoms with van der Waals surface area (Å²) < 4.78 is 25.6. The molecule has 2 aliphatic heterocycles. The maximum atomic E-state index is 14.5. The van der Waals surface area contributed by atoms with Gasteiger partial charge >= 0.3 is 12.0 Å². The monoisotopic (exact) mass is 546 g/mol. The number of aromatic nitrogens is 1. The second-order valence-electron chi connectivity index (χ2n) is 11.8. The van der Waals surface area contributed by atoms with Crippen molar-refractivity contribution in [2.24, 2.45) is 5.92 Å². The number of anilines is 1. The lowest BCUT2D eigenvalue weighted by Crippen LogP contribution is -2.45. The smallest absolute Gasteiger partial charge is 0.416 e. The van der Waals surface area contributed by atoms with Crippen LogP contribution in [-0.4, -0.2) is 66.1 Å². The van der Waals surface area contributed by atoms with Crippen molar-refractivity contribution in [3.8, 4) is 0 Å². The van der Waals surface area contributed by atoms with Crippen molar-refractivity contribution < 1.29 is 28.3 Å². The molecule has 10 heteroatoms. The number of amides is 2. The van der Waals surface area contributed by atoms with Gasteiger partial charge in [0.1, 0.15) is 11.4 Å². The first kappa shape index (κ1) is 29.4. The van der Waals surface area contributed by atoms with E-state index in [1.54, 1.807) is 17.0 Å². The van der Waals surface area contributed by atoms with Gasteiger partial charge in [0.25, 0.3) is 0 Å². The minimum absolute atomic E-state index is 0.0704. The largest absolute Gasteiger partial charge is 0.443 e. The molecular weight excluding hydrogens is 503 g/mol. The first-order chi connectivity index (χ1) is 18.7. The van der Waals surface area contributed by atoms with Crippen LogP contribution in [0.3, 0.4) is 0 Å². The molecule has 39 heavy (non-hydrogen) atoms. The molecule has 216 valence electrons. The predicted octanol–water partition coefficient (Wildman–Crippen LogP) is 5.36. The Morgan fingerprint density at radius 3 is 2.59 bits per heavy atom.